The van der Waals surface area contributed by atoms with E-state index in [4.69, 9.17) is 5.10 Å². The summed E-state index contributed by atoms with van der Waals surface area (Å²) < 4.78 is 2.14. The van der Waals surface area contributed by atoms with Gasteiger partial charge in [-0.05, 0) is 50.1 Å². The molecule has 1 aliphatic heterocycles. The van der Waals surface area contributed by atoms with Crippen molar-refractivity contribution < 1.29 is 9.90 Å². The molecule has 7 heteroatoms. The van der Waals surface area contributed by atoms with Crippen LogP contribution in [0.4, 0.5) is 0 Å². The summed E-state index contributed by atoms with van der Waals surface area (Å²) in [5, 5.41) is 16.9. The average Bonchev–Trinajstić information content (AvgIpc) is 3.42. The van der Waals surface area contributed by atoms with Crippen LogP contribution in [-0.4, -0.2) is 42.3 Å². The fraction of sp³-hybridized carbons (Fsp3) is 0.259. The van der Waals surface area contributed by atoms with Gasteiger partial charge in [0, 0.05) is 66.7 Å². The number of aryl methyl sites for hydroxylation is 1. The highest BCUT2D eigenvalue weighted by molar-refractivity contribution is 6.05. The molecule has 1 atom stereocenters. The lowest BCUT2D eigenvalue weighted by Crippen LogP contribution is -2.35. The minimum Gasteiger partial charge on any atom is -0.512 e. The lowest BCUT2D eigenvalue weighted by Gasteiger charge is -2.25. The highest BCUT2D eigenvalue weighted by Crippen LogP contribution is 2.32. The molecular formula is C27H27N5O2. The highest BCUT2D eigenvalue weighted by atomic mass is 16.3. The summed E-state index contributed by atoms with van der Waals surface area (Å²) in [6, 6.07) is 9.34. The molecule has 0 radical (unpaired) electrons. The van der Waals surface area contributed by atoms with Crippen LogP contribution in [0.2, 0.25) is 0 Å². The van der Waals surface area contributed by atoms with Gasteiger partial charge in [-0.15, -0.1) is 0 Å². The highest BCUT2D eigenvalue weighted by Gasteiger charge is 2.37. The van der Waals surface area contributed by atoms with E-state index in [1.165, 1.54) is 0 Å². The summed E-state index contributed by atoms with van der Waals surface area (Å²) in [4.78, 5) is 22.2. The van der Waals surface area contributed by atoms with Crippen LogP contribution in [0.5, 0.6) is 0 Å². The molecule has 5 rings (SSSR count). The largest absolute Gasteiger partial charge is 0.512 e. The van der Waals surface area contributed by atoms with E-state index in [1.54, 1.807) is 29.8 Å². The first-order chi connectivity index (χ1) is 16.5. The number of aliphatic hydroxyl groups is 1. The monoisotopic (exact) mass is 453 g/mol. The molecule has 2 aliphatic rings. The Kier molecular flexibility index (Phi) is 5.84. The third-order valence-electron chi connectivity index (χ3n) is 6.54. The van der Waals surface area contributed by atoms with Crippen LogP contribution in [0.25, 0.3) is 0 Å². The molecule has 0 bridgehead atoms. The average molecular weight is 454 g/mol. The van der Waals surface area contributed by atoms with Crippen LogP contribution < -0.4 is 0 Å². The van der Waals surface area contributed by atoms with Gasteiger partial charge >= 0.3 is 0 Å². The predicted octanol–water partition coefficient (Wildman–Crippen LogP) is 4.72. The number of hydrogen-bond acceptors (Lipinski definition) is 5. The molecule has 0 saturated heterocycles. The number of pyridine rings is 2. The number of amides is 1. The molecule has 0 aromatic carbocycles. The Labute approximate surface area is 198 Å². The first-order valence-corrected chi connectivity index (χ1v) is 11.5. The van der Waals surface area contributed by atoms with Crippen LogP contribution in [0.3, 0.4) is 0 Å². The lowest BCUT2D eigenvalue weighted by atomic mass is 9.93. The van der Waals surface area contributed by atoms with Gasteiger partial charge in [-0.25, -0.2) is 5.01 Å². The van der Waals surface area contributed by atoms with Crippen molar-refractivity contribution in [3.05, 3.63) is 107 Å². The number of allylic oxidation sites excluding steroid dienone is 2. The number of carbonyl (C=O) groups excluding carboxylic acids is 1. The van der Waals surface area contributed by atoms with Gasteiger partial charge in [-0.1, -0.05) is 18.2 Å². The fourth-order valence-corrected chi connectivity index (χ4v) is 4.68. The topological polar surface area (TPSA) is 83.6 Å². The molecule has 1 N–H and O–H groups in total. The SMILES string of the molecule is Cc1cc(C(=O)N2N=C(c3cccnc3)CC2C2=C(O)CCC=C2)c(C)n1Cc1ccncc1. The number of hydrogen-bond donors (Lipinski definition) is 1. The smallest absolute Gasteiger partial charge is 0.276 e. The maximum atomic E-state index is 13.9. The summed E-state index contributed by atoms with van der Waals surface area (Å²) in [5.41, 5.74) is 6.06. The number of carbonyl (C=O) groups is 1. The van der Waals surface area contributed by atoms with E-state index in [9.17, 15) is 9.90 Å². The first kappa shape index (κ1) is 21.8. The van der Waals surface area contributed by atoms with Crippen molar-refractivity contribution in [3.8, 4) is 0 Å². The van der Waals surface area contributed by atoms with Crippen molar-refractivity contribution in [1.29, 1.82) is 0 Å². The summed E-state index contributed by atoms with van der Waals surface area (Å²) in [6.45, 7) is 4.64. The molecule has 1 aliphatic carbocycles. The van der Waals surface area contributed by atoms with Crippen LogP contribution in [-0.2, 0) is 6.54 Å². The first-order valence-electron chi connectivity index (χ1n) is 11.5. The zero-order valence-electron chi connectivity index (χ0n) is 19.3. The Morgan fingerprint density at radius 3 is 2.71 bits per heavy atom. The molecule has 0 saturated carbocycles. The Balaban J connectivity index is 1.52. The quantitative estimate of drug-likeness (QED) is 0.606. The zero-order chi connectivity index (χ0) is 23.7. The Bertz CT molecular complexity index is 1310. The van der Waals surface area contributed by atoms with Crippen LogP contribution >= 0.6 is 0 Å². The maximum absolute atomic E-state index is 13.9. The van der Waals surface area contributed by atoms with Crippen LogP contribution in [0, 0.1) is 13.8 Å². The number of aliphatic hydroxyl groups excluding tert-OH is 1. The molecule has 1 amide bonds. The number of hydrazone groups is 1. The van der Waals surface area contributed by atoms with E-state index in [2.05, 4.69) is 14.5 Å². The number of aromatic nitrogens is 3. The van der Waals surface area contributed by atoms with Gasteiger partial charge in [0.2, 0.25) is 0 Å². The standard InChI is InChI=1S/C27H27N5O2/c1-18-14-23(19(2)31(18)17-20-9-12-28-13-10-20)27(34)32-25(22-7-3-4-8-26(22)33)15-24(30-32)21-6-5-11-29-16-21/h3,5-7,9-14,16,25,33H,4,8,15,17H2,1-2H3. The van der Waals surface area contributed by atoms with Crippen molar-refractivity contribution in [2.75, 3.05) is 0 Å². The number of nitrogens with zero attached hydrogens (tertiary/aromatic N) is 5. The van der Waals surface area contributed by atoms with E-state index >= 15 is 0 Å². The Morgan fingerprint density at radius 1 is 1.15 bits per heavy atom. The molecule has 172 valence electrons. The minimum absolute atomic E-state index is 0.169. The van der Waals surface area contributed by atoms with E-state index < -0.39 is 0 Å². The normalized spacial score (nSPS) is 17.9. The van der Waals surface area contributed by atoms with Crippen LogP contribution in [0.1, 0.15) is 52.1 Å². The fourth-order valence-electron chi connectivity index (χ4n) is 4.68. The summed E-state index contributed by atoms with van der Waals surface area (Å²) in [5.74, 6) is 0.160. The third kappa shape index (κ3) is 4.05. The van der Waals surface area contributed by atoms with E-state index in [0.717, 1.165) is 40.2 Å². The molecule has 0 spiro atoms. The minimum atomic E-state index is -0.359. The van der Waals surface area contributed by atoms with Crippen molar-refractivity contribution in [2.45, 2.75) is 45.7 Å². The summed E-state index contributed by atoms with van der Waals surface area (Å²) in [6.07, 6.45) is 12.9. The van der Waals surface area contributed by atoms with Crippen molar-refractivity contribution in [1.82, 2.24) is 19.5 Å². The lowest BCUT2D eigenvalue weighted by molar-refractivity contribution is 0.0733. The third-order valence-corrected chi connectivity index (χ3v) is 6.54. The maximum Gasteiger partial charge on any atom is 0.276 e. The zero-order valence-corrected chi connectivity index (χ0v) is 19.3. The second kappa shape index (κ2) is 9.09. The van der Waals surface area contributed by atoms with Crippen LogP contribution in [0.15, 0.2) is 83.7 Å². The molecule has 0 fully saturated rings. The van der Waals surface area contributed by atoms with E-state index in [0.29, 0.717) is 30.7 Å². The second-order valence-electron chi connectivity index (χ2n) is 8.73. The molecule has 1 unspecified atom stereocenters. The van der Waals surface area contributed by atoms with E-state index in [1.807, 2.05) is 56.3 Å². The molecule has 34 heavy (non-hydrogen) atoms. The van der Waals surface area contributed by atoms with Gasteiger partial charge in [-0.3, -0.25) is 14.8 Å². The van der Waals surface area contributed by atoms with Gasteiger partial charge in [0.05, 0.1) is 23.1 Å². The Morgan fingerprint density at radius 2 is 1.97 bits per heavy atom. The van der Waals surface area contributed by atoms with Crippen molar-refractivity contribution >= 4 is 11.6 Å². The molecular weight excluding hydrogens is 426 g/mol. The van der Waals surface area contributed by atoms with Gasteiger partial charge < -0.3 is 9.67 Å². The molecule has 3 aromatic heterocycles. The van der Waals surface area contributed by atoms with Crippen molar-refractivity contribution in [3.63, 3.8) is 0 Å². The molecule has 3 aromatic rings. The summed E-state index contributed by atoms with van der Waals surface area (Å²) in [7, 11) is 0. The molecule has 4 heterocycles. The van der Waals surface area contributed by atoms with Crippen molar-refractivity contribution in [2.24, 2.45) is 5.10 Å². The van der Waals surface area contributed by atoms with E-state index in [-0.39, 0.29) is 11.9 Å². The second-order valence-corrected chi connectivity index (χ2v) is 8.73. The van der Waals surface area contributed by atoms with Gasteiger partial charge in [0.1, 0.15) is 0 Å². The van der Waals surface area contributed by atoms with Gasteiger partial charge in [0.15, 0.2) is 0 Å². The predicted molar refractivity (Wildman–Crippen MR) is 131 cm³/mol. The van der Waals surface area contributed by atoms with Gasteiger partial charge in [-0.2, -0.15) is 5.10 Å². The molecule has 7 nitrogen and oxygen atoms in total. The van der Waals surface area contributed by atoms with Gasteiger partial charge in [0.25, 0.3) is 5.91 Å². The number of rotatable bonds is 5. The Hall–Kier alpha value is -4.00. The summed E-state index contributed by atoms with van der Waals surface area (Å²) >= 11 is 0.